The monoisotopic (exact) mass is 357 g/mol. The molecule has 0 spiro atoms. The van der Waals surface area contributed by atoms with Crippen molar-refractivity contribution >= 4 is 15.9 Å². The number of methoxy groups -OCH3 is 2. The highest BCUT2D eigenvalue weighted by Gasteiger charge is 2.41. The Morgan fingerprint density at radius 2 is 1.67 bits per heavy atom. The molecule has 0 amide bonds. The average molecular weight is 358 g/mol. The third-order valence-corrected chi connectivity index (χ3v) is 5.28. The maximum atomic E-state index is 6.55. The van der Waals surface area contributed by atoms with Crippen LogP contribution in [0.25, 0.3) is 0 Å². The van der Waals surface area contributed by atoms with E-state index >= 15 is 0 Å². The fourth-order valence-electron chi connectivity index (χ4n) is 3.25. The first-order valence-electron chi connectivity index (χ1n) is 7.23. The quantitative estimate of drug-likeness (QED) is 0.895. The van der Waals surface area contributed by atoms with Crippen LogP contribution in [0.15, 0.2) is 16.6 Å². The first-order chi connectivity index (χ1) is 9.90. The molecular weight excluding hydrogens is 334 g/mol. The van der Waals surface area contributed by atoms with Crippen LogP contribution in [-0.4, -0.2) is 26.4 Å². The van der Waals surface area contributed by atoms with Gasteiger partial charge in [-0.2, -0.15) is 0 Å². The fraction of sp³-hybridized carbons (Fsp3) is 0.625. The van der Waals surface area contributed by atoms with Crippen LogP contribution in [0.3, 0.4) is 0 Å². The number of hydrogen-bond acceptors (Lipinski definition) is 4. The summed E-state index contributed by atoms with van der Waals surface area (Å²) in [4.78, 5) is 0. The normalized spacial score (nSPS) is 30.2. The van der Waals surface area contributed by atoms with Crippen LogP contribution in [0.4, 0.5) is 0 Å². The van der Waals surface area contributed by atoms with Gasteiger partial charge in [0, 0.05) is 16.4 Å². The van der Waals surface area contributed by atoms with E-state index in [1.807, 2.05) is 12.1 Å². The Labute approximate surface area is 135 Å². The van der Waals surface area contributed by atoms with Crippen molar-refractivity contribution in [3.63, 3.8) is 0 Å². The fourth-order valence-corrected chi connectivity index (χ4v) is 3.83. The largest absolute Gasteiger partial charge is 0.493 e. The minimum Gasteiger partial charge on any atom is -0.493 e. The second kappa shape index (κ2) is 6.55. The van der Waals surface area contributed by atoms with Gasteiger partial charge in [-0.15, -0.1) is 0 Å². The molecule has 0 radical (unpaired) electrons. The van der Waals surface area contributed by atoms with Gasteiger partial charge in [-0.25, -0.2) is 0 Å². The van der Waals surface area contributed by atoms with Crippen LogP contribution in [-0.2, 0) is 4.74 Å². The molecule has 2 N–H and O–H groups in total. The zero-order chi connectivity index (χ0) is 15.7. The predicted molar refractivity (Wildman–Crippen MR) is 86.8 cm³/mol. The van der Waals surface area contributed by atoms with Gasteiger partial charge >= 0.3 is 0 Å². The van der Waals surface area contributed by atoms with Crippen LogP contribution >= 0.6 is 15.9 Å². The molecular formula is C16H24BrNO3. The highest BCUT2D eigenvalue weighted by Crippen LogP contribution is 2.43. The zero-order valence-electron chi connectivity index (χ0n) is 13.2. The highest BCUT2D eigenvalue weighted by atomic mass is 79.9. The van der Waals surface area contributed by atoms with Crippen LogP contribution in [0.5, 0.6) is 11.5 Å². The van der Waals surface area contributed by atoms with E-state index in [9.17, 15) is 0 Å². The lowest BCUT2D eigenvalue weighted by Gasteiger charge is -2.27. The van der Waals surface area contributed by atoms with E-state index in [1.54, 1.807) is 14.2 Å². The second-order valence-electron chi connectivity index (χ2n) is 5.74. The van der Waals surface area contributed by atoms with Gasteiger partial charge in [0.25, 0.3) is 0 Å². The predicted octanol–water partition coefficient (Wildman–Crippen LogP) is 3.53. The molecule has 2 rings (SSSR count). The molecule has 21 heavy (non-hydrogen) atoms. The first-order valence-corrected chi connectivity index (χ1v) is 8.02. The number of ether oxygens (including phenoxy) is 3. The molecule has 1 saturated heterocycles. The van der Waals surface area contributed by atoms with E-state index in [2.05, 4.69) is 36.7 Å². The van der Waals surface area contributed by atoms with Crippen molar-refractivity contribution in [2.45, 2.75) is 39.0 Å². The SMILES string of the molecule is COc1cc(Br)c(C(N)C2C(C)OC(C)C2C)cc1OC. The Kier molecular flexibility index (Phi) is 5.17. The van der Waals surface area contributed by atoms with Crippen molar-refractivity contribution in [3.8, 4) is 11.5 Å². The van der Waals surface area contributed by atoms with Crippen LogP contribution in [0.2, 0.25) is 0 Å². The first kappa shape index (κ1) is 16.6. The van der Waals surface area contributed by atoms with Crippen molar-refractivity contribution in [1.29, 1.82) is 0 Å². The smallest absolute Gasteiger partial charge is 0.161 e. The Balaban J connectivity index is 2.37. The van der Waals surface area contributed by atoms with Crippen molar-refractivity contribution in [3.05, 3.63) is 22.2 Å². The second-order valence-corrected chi connectivity index (χ2v) is 6.59. The van der Waals surface area contributed by atoms with Gasteiger partial charge in [0.05, 0.1) is 26.4 Å². The maximum absolute atomic E-state index is 6.55. The third-order valence-electron chi connectivity index (χ3n) is 4.60. The lowest BCUT2D eigenvalue weighted by molar-refractivity contribution is 0.0489. The molecule has 0 saturated carbocycles. The van der Waals surface area contributed by atoms with E-state index in [-0.39, 0.29) is 24.2 Å². The average Bonchev–Trinajstić information content (AvgIpc) is 2.71. The maximum Gasteiger partial charge on any atom is 0.161 e. The Bertz CT molecular complexity index is 509. The van der Waals surface area contributed by atoms with Gasteiger partial charge in [-0.1, -0.05) is 22.9 Å². The number of benzene rings is 1. The summed E-state index contributed by atoms with van der Waals surface area (Å²) in [6, 6.07) is 3.74. The van der Waals surface area contributed by atoms with Crippen molar-refractivity contribution < 1.29 is 14.2 Å². The molecule has 1 aliphatic rings. The summed E-state index contributed by atoms with van der Waals surface area (Å²) >= 11 is 3.60. The molecule has 0 aromatic heterocycles. The minimum absolute atomic E-state index is 0.117. The number of halogens is 1. The molecule has 1 aromatic rings. The summed E-state index contributed by atoms with van der Waals surface area (Å²) in [7, 11) is 3.26. The van der Waals surface area contributed by atoms with Gasteiger partial charge < -0.3 is 19.9 Å². The molecule has 0 bridgehead atoms. The molecule has 5 atom stereocenters. The van der Waals surface area contributed by atoms with Crippen LogP contribution in [0.1, 0.15) is 32.4 Å². The Morgan fingerprint density at radius 3 is 2.14 bits per heavy atom. The van der Waals surface area contributed by atoms with Crippen LogP contribution < -0.4 is 15.2 Å². The molecule has 4 nitrogen and oxygen atoms in total. The molecule has 5 heteroatoms. The van der Waals surface area contributed by atoms with Crippen LogP contribution in [0, 0.1) is 11.8 Å². The van der Waals surface area contributed by atoms with Crippen molar-refractivity contribution in [2.24, 2.45) is 17.6 Å². The number of rotatable bonds is 4. The highest BCUT2D eigenvalue weighted by molar-refractivity contribution is 9.10. The third kappa shape index (κ3) is 3.05. The lowest BCUT2D eigenvalue weighted by atomic mass is 9.81. The molecule has 118 valence electrons. The summed E-state index contributed by atoms with van der Waals surface area (Å²) in [6.45, 7) is 6.41. The number of nitrogens with two attached hydrogens (primary N) is 1. The zero-order valence-corrected chi connectivity index (χ0v) is 14.8. The summed E-state index contributed by atoms with van der Waals surface area (Å²) in [6.07, 6.45) is 0.375. The lowest BCUT2D eigenvalue weighted by Crippen LogP contribution is -2.31. The van der Waals surface area contributed by atoms with Gasteiger partial charge in [0.2, 0.25) is 0 Å². The summed E-state index contributed by atoms with van der Waals surface area (Å²) < 4.78 is 17.6. The molecule has 1 aromatic carbocycles. The van der Waals surface area contributed by atoms with E-state index in [4.69, 9.17) is 19.9 Å². The summed E-state index contributed by atoms with van der Waals surface area (Å²) in [5, 5.41) is 0. The molecule has 1 heterocycles. The topological polar surface area (TPSA) is 53.7 Å². The van der Waals surface area contributed by atoms with Crippen molar-refractivity contribution in [1.82, 2.24) is 0 Å². The van der Waals surface area contributed by atoms with E-state index in [0.29, 0.717) is 17.4 Å². The van der Waals surface area contributed by atoms with E-state index in [0.717, 1.165) is 10.0 Å². The molecule has 0 aliphatic carbocycles. The summed E-state index contributed by atoms with van der Waals surface area (Å²) in [5.41, 5.74) is 7.58. The Morgan fingerprint density at radius 1 is 1.10 bits per heavy atom. The van der Waals surface area contributed by atoms with Crippen molar-refractivity contribution in [2.75, 3.05) is 14.2 Å². The Hall–Kier alpha value is -0.780. The molecule has 5 unspecified atom stereocenters. The summed E-state index contributed by atoms with van der Waals surface area (Å²) in [5.74, 6) is 2.07. The van der Waals surface area contributed by atoms with Gasteiger partial charge in [0.1, 0.15) is 0 Å². The van der Waals surface area contributed by atoms with E-state index < -0.39 is 0 Å². The van der Waals surface area contributed by atoms with Gasteiger partial charge in [-0.05, 0) is 37.5 Å². The standard InChI is InChI=1S/C16H24BrNO3/c1-8-9(2)21-10(3)15(8)16(18)11-6-13(19-4)14(20-5)7-12(11)17/h6-10,15-16H,18H2,1-5H3. The van der Waals surface area contributed by atoms with Gasteiger partial charge in [-0.3, -0.25) is 0 Å². The van der Waals surface area contributed by atoms with Gasteiger partial charge in [0.15, 0.2) is 11.5 Å². The number of hydrogen-bond donors (Lipinski definition) is 1. The molecule has 1 fully saturated rings. The minimum atomic E-state index is -0.117. The molecule has 1 aliphatic heterocycles. The van der Waals surface area contributed by atoms with E-state index in [1.165, 1.54) is 0 Å².